The van der Waals surface area contributed by atoms with Gasteiger partial charge < -0.3 is 28.7 Å². The summed E-state index contributed by atoms with van der Waals surface area (Å²) in [4.78, 5) is 57.0. The van der Waals surface area contributed by atoms with Crippen LogP contribution >= 0.6 is 0 Å². The van der Waals surface area contributed by atoms with Crippen molar-refractivity contribution >= 4 is 12.0 Å². The van der Waals surface area contributed by atoms with Crippen LogP contribution in [0, 0.1) is 0 Å². The van der Waals surface area contributed by atoms with Crippen LogP contribution in [0.5, 0.6) is 11.5 Å². The number of allylic oxidation sites excluding steroid dienone is 1. The van der Waals surface area contributed by atoms with Crippen LogP contribution < -0.4 is 20.9 Å². The van der Waals surface area contributed by atoms with Crippen LogP contribution in [0.3, 0.4) is 0 Å². The summed E-state index contributed by atoms with van der Waals surface area (Å²) >= 11 is 0. The number of rotatable bonds is 4. The lowest BCUT2D eigenvalue weighted by Gasteiger charge is -2.42. The van der Waals surface area contributed by atoms with Gasteiger partial charge in [-0.3, -0.25) is 4.79 Å². The van der Waals surface area contributed by atoms with Crippen LogP contribution in [-0.4, -0.2) is 86.0 Å². The largest absolute Gasteiger partial charge is 0.483 e. The van der Waals surface area contributed by atoms with E-state index in [4.69, 9.17) is 18.9 Å². The predicted octanol–water partition coefficient (Wildman–Crippen LogP) is 4.10. The summed E-state index contributed by atoms with van der Waals surface area (Å²) in [6.45, 7) is 11.7. The van der Waals surface area contributed by atoms with E-state index in [0.717, 1.165) is 35.0 Å². The molecular formula is C36H43N5O8. The van der Waals surface area contributed by atoms with Crippen molar-refractivity contribution in [2.75, 3.05) is 32.8 Å². The van der Waals surface area contributed by atoms with E-state index in [-0.39, 0.29) is 18.7 Å². The number of piperazine rings is 1. The van der Waals surface area contributed by atoms with E-state index in [0.29, 0.717) is 55.5 Å². The first-order valence-electron chi connectivity index (χ1n) is 16.9. The average Bonchev–Trinajstić information content (AvgIpc) is 3.33. The highest BCUT2D eigenvalue weighted by Crippen LogP contribution is 2.47. The summed E-state index contributed by atoms with van der Waals surface area (Å²) in [6.07, 6.45) is 4.13. The lowest BCUT2D eigenvalue weighted by atomic mass is 9.83. The Labute approximate surface area is 284 Å². The third-order valence-corrected chi connectivity index (χ3v) is 9.42. The molecule has 0 bridgehead atoms. The quantitative estimate of drug-likeness (QED) is 0.379. The van der Waals surface area contributed by atoms with E-state index in [2.05, 4.69) is 0 Å². The van der Waals surface area contributed by atoms with Gasteiger partial charge in [0.05, 0.1) is 18.8 Å². The highest BCUT2D eigenvalue weighted by molar-refractivity contribution is 5.94. The van der Waals surface area contributed by atoms with Gasteiger partial charge in [-0.1, -0.05) is 6.08 Å². The molecule has 4 aliphatic rings. The van der Waals surface area contributed by atoms with Gasteiger partial charge in [0, 0.05) is 49.8 Å². The first kappa shape index (κ1) is 32.8. The maximum Gasteiger partial charge on any atom is 0.410 e. The Balaban J connectivity index is 1.13. The van der Waals surface area contributed by atoms with E-state index < -0.39 is 34.7 Å². The van der Waals surface area contributed by atoms with Crippen molar-refractivity contribution in [3.05, 3.63) is 86.2 Å². The predicted molar refractivity (Wildman–Crippen MR) is 180 cm³/mol. The number of benzene rings is 2. The summed E-state index contributed by atoms with van der Waals surface area (Å²) in [5.41, 5.74) is 0.118. The van der Waals surface area contributed by atoms with Gasteiger partial charge in [-0.05, 0) is 89.4 Å². The second kappa shape index (κ2) is 12.3. The number of ether oxygens (including phenoxy) is 4. The molecule has 2 atom stereocenters. The van der Waals surface area contributed by atoms with Crippen LogP contribution in [0.25, 0.3) is 5.69 Å². The van der Waals surface area contributed by atoms with Crippen molar-refractivity contribution in [3.63, 3.8) is 0 Å². The summed E-state index contributed by atoms with van der Waals surface area (Å²) in [5.74, 6) is 1.01. The Bertz CT molecular complexity index is 1920. The van der Waals surface area contributed by atoms with E-state index in [9.17, 15) is 19.2 Å². The monoisotopic (exact) mass is 673 g/mol. The van der Waals surface area contributed by atoms with Crippen molar-refractivity contribution in [1.29, 1.82) is 0 Å². The van der Waals surface area contributed by atoms with Crippen LogP contribution in [0.1, 0.15) is 75.8 Å². The Morgan fingerprint density at radius 1 is 0.918 bits per heavy atom. The van der Waals surface area contributed by atoms with Gasteiger partial charge >= 0.3 is 17.5 Å². The molecule has 0 aliphatic carbocycles. The molecule has 0 radical (unpaired) electrons. The molecule has 3 aromatic rings. The smallest absolute Gasteiger partial charge is 0.410 e. The van der Waals surface area contributed by atoms with Crippen molar-refractivity contribution in [2.24, 2.45) is 0 Å². The second-order valence-electron chi connectivity index (χ2n) is 14.4. The maximum absolute atomic E-state index is 14.2. The summed E-state index contributed by atoms with van der Waals surface area (Å²) in [6, 6.07) is 11.5. The number of amides is 2. The fourth-order valence-corrected chi connectivity index (χ4v) is 6.98. The van der Waals surface area contributed by atoms with Crippen LogP contribution in [-0.2, 0) is 16.0 Å². The molecule has 0 saturated carbocycles. The van der Waals surface area contributed by atoms with E-state index >= 15 is 0 Å². The van der Waals surface area contributed by atoms with E-state index in [1.54, 1.807) is 34.1 Å². The van der Waals surface area contributed by atoms with E-state index in [1.807, 2.05) is 58.9 Å². The van der Waals surface area contributed by atoms with Crippen molar-refractivity contribution in [3.8, 4) is 17.2 Å². The van der Waals surface area contributed by atoms with Gasteiger partial charge in [0.25, 0.3) is 5.91 Å². The zero-order valence-corrected chi connectivity index (χ0v) is 28.6. The number of fused-ring (bicyclic) bond motifs is 5. The number of hydrogen-bond acceptors (Lipinski definition) is 8. The molecule has 5 heterocycles. The van der Waals surface area contributed by atoms with Crippen LogP contribution in [0.2, 0.25) is 0 Å². The van der Waals surface area contributed by atoms with Gasteiger partial charge in [-0.25, -0.2) is 28.3 Å². The standard InChI is InChI=1S/C36H43N5O8/c1-35(2,3)49-34(45)38-19-17-37(18-20-38)31(42)23-9-11-24(12-10-23)40-32(43)39-16-15-27-30(41(39)33(40)44)26-14-13-25(22-28(26)48-36(27,4)5)47-29-8-6-7-21-46-29/h9-15,22,29-30H,6-8,16-21H2,1-5H3. The van der Waals surface area contributed by atoms with Crippen molar-refractivity contribution in [1.82, 2.24) is 23.7 Å². The van der Waals surface area contributed by atoms with Crippen molar-refractivity contribution < 1.29 is 28.5 Å². The number of hydrogen-bond donors (Lipinski definition) is 0. The second-order valence-corrected chi connectivity index (χ2v) is 14.4. The molecule has 49 heavy (non-hydrogen) atoms. The SMILES string of the molecule is CC(C)(C)OC(=O)N1CCN(C(=O)c2ccc(-n3c(=O)n4n(c3=O)C3C(=CC4)C(C)(C)Oc4cc(OC5CCCCO5)ccc43)cc2)CC1. The third-order valence-electron chi connectivity index (χ3n) is 9.42. The van der Waals surface area contributed by atoms with Gasteiger partial charge in [0.1, 0.15) is 28.7 Å². The summed E-state index contributed by atoms with van der Waals surface area (Å²) in [5, 5.41) is 0. The molecule has 13 heteroatoms. The minimum Gasteiger partial charge on any atom is -0.483 e. The minimum absolute atomic E-state index is 0.191. The normalized spacial score (nSPS) is 21.4. The molecule has 0 N–H and O–H groups in total. The maximum atomic E-state index is 14.2. The Hall–Kier alpha value is -4.78. The lowest BCUT2D eigenvalue weighted by Crippen LogP contribution is -2.51. The number of carbonyl (C=O) groups excluding carboxylic acids is 2. The molecule has 2 aromatic carbocycles. The molecule has 2 saturated heterocycles. The van der Waals surface area contributed by atoms with Crippen LogP contribution in [0.4, 0.5) is 4.79 Å². The topological polar surface area (TPSA) is 126 Å². The molecule has 0 spiro atoms. The van der Waals surface area contributed by atoms with Gasteiger partial charge in [-0.2, -0.15) is 0 Å². The lowest BCUT2D eigenvalue weighted by molar-refractivity contribution is -0.106. The molecule has 2 amide bonds. The summed E-state index contributed by atoms with van der Waals surface area (Å²) < 4.78 is 27.9. The fourth-order valence-electron chi connectivity index (χ4n) is 6.98. The van der Waals surface area contributed by atoms with Gasteiger partial charge in [-0.15, -0.1) is 0 Å². The molecule has 4 aliphatic heterocycles. The van der Waals surface area contributed by atoms with Gasteiger partial charge in [0.2, 0.25) is 0 Å². The van der Waals surface area contributed by atoms with E-state index in [1.165, 1.54) is 9.36 Å². The molecule has 260 valence electrons. The Morgan fingerprint density at radius 3 is 2.31 bits per heavy atom. The third kappa shape index (κ3) is 6.16. The molecular weight excluding hydrogens is 630 g/mol. The minimum atomic E-state index is -0.749. The van der Waals surface area contributed by atoms with Crippen molar-refractivity contribution in [2.45, 2.75) is 84.0 Å². The zero-order chi connectivity index (χ0) is 34.7. The number of carbonyl (C=O) groups is 2. The molecule has 2 fully saturated rings. The molecule has 13 nitrogen and oxygen atoms in total. The average molecular weight is 674 g/mol. The van der Waals surface area contributed by atoms with Gasteiger partial charge in [0.15, 0.2) is 6.29 Å². The highest BCUT2D eigenvalue weighted by atomic mass is 16.7. The van der Waals surface area contributed by atoms with Crippen LogP contribution in [0.15, 0.2) is 63.7 Å². The molecule has 2 unspecified atom stereocenters. The Morgan fingerprint density at radius 2 is 1.63 bits per heavy atom. The zero-order valence-electron chi connectivity index (χ0n) is 28.6. The first-order valence-corrected chi connectivity index (χ1v) is 16.9. The molecule has 7 rings (SSSR count). The first-order chi connectivity index (χ1) is 23.3. The number of aromatic nitrogens is 3. The highest BCUT2D eigenvalue weighted by Gasteiger charge is 2.44. The summed E-state index contributed by atoms with van der Waals surface area (Å²) in [7, 11) is 0. The Kier molecular flexibility index (Phi) is 8.21. The number of nitrogens with zero attached hydrogens (tertiary/aromatic N) is 5. The fraction of sp³-hybridized carbons (Fsp3) is 0.500. The molecule has 1 aromatic heterocycles.